The van der Waals surface area contributed by atoms with Gasteiger partial charge in [-0.15, -0.1) is 0 Å². The average molecular weight is 877 g/mol. The second kappa shape index (κ2) is 15.7. The van der Waals surface area contributed by atoms with Crippen molar-refractivity contribution in [3.05, 3.63) is 243 Å². The highest BCUT2D eigenvalue weighted by atomic mass is 15.0. The van der Waals surface area contributed by atoms with E-state index in [0.29, 0.717) is 17.5 Å². The van der Waals surface area contributed by atoms with Gasteiger partial charge in [-0.3, -0.25) is 0 Å². The Morgan fingerprint density at radius 2 is 0.667 bits per heavy atom. The molecule has 2 heterocycles. The van der Waals surface area contributed by atoms with E-state index in [1.807, 2.05) is 18.2 Å². The van der Waals surface area contributed by atoms with E-state index in [4.69, 9.17) is 15.0 Å². The molecule has 0 aliphatic rings. The number of fused-ring (bicyclic) bond motifs is 8. The first-order valence-corrected chi connectivity index (χ1v) is 23.5. The Kier molecular flexibility index (Phi) is 8.86. The number of benzene rings is 12. The van der Waals surface area contributed by atoms with Crippen LogP contribution in [0.3, 0.4) is 0 Å². The van der Waals surface area contributed by atoms with E-state index in [-0.39, 0.29) is 0 Å². The highest BCUT2D eigenvalue weighted by molar-refractivity contribution is 6.19. The summed E-state index contributed by atoms with van der Waals surface area (Å²) in [6.45, 7) is 0. The first-order chi connectivity index (χ1) is 34.2. The summed E-state index contributed by atoms with van der Waals surface area (Å²) in [4.78, 5) is 16.1. The van der Waals surface area contributed by atoms with Crippen LogP contribution in [0.1, 0.15) is 0 Å². The van der Waals surface area contributed by atoms with Crippen LogP contribution in [0.15, 0.2) is 243 Å². The Morgan fingerprint density at radius 1 is 0.232 bits per heavy atom. The van der Waals surface area contributed by atoms with Crippen molar-refractivity contribution in [3.8, 4) is 62.1 Å². The van der Waals surface area contributed by atoms with Crippen LogP contribution in [0, 0.1) is 0 Å². The minimum absolute atomic E-state index is 0.607. The fraction of sp³-hybridized carbons (Fsp3) is 0. The molecule has 0 unspecified atom stereocenters. The molecule has 0 aliphatic heterocycles. The molecule has 0 spiro atoms. The number of nitrogens with zero attached hydrogens (tertiary/aromatic N) is 4. The number of rotatable bonds is 6. The highest BCUT2D eigenvalue weighted by Crippen LogP contribution is 2.46. The van der Waals surface area contributed by atoms with Crippen molar-refractivity contribution in [1.29, 1.82) is 0 Å². The summed E-state index contributed by atoms with van der Waals surface area (Å²) in [5.74, 6) is 1.85. The molecule has 0 amide bonds. The lowest BCUT2D eigenvalue weighted by molar-refractivity contribution is 1.08. The molecule has 0 saturated carbocycles. The van der Waals surface area contributed by atoms with Crippen LogP contribution in [-0.4, -0.2) is 19.5 Å². The maximum atomic E-state index is 5.48. The molecule has 69 heavy (non-hydrogen) atoms. The molecule has 4 nitrogen and oxygen atoms in total. The van der Waals surface area contributed by atoms with Crippen LogP contribution < -0.4 is 0 Å². The van der Waals surface area contributed by atoms with Crippen molar-refractivity contribution in [1.82, 2.24) is 19.5 Å². The fourth-order valence-corrected chi connectivity index (χ4v) is 10.5. The number of hydrogen-bond donors (Lipinski definition) is 0. The second-order valence-corrected chi connectivity index (χ2v) is 18.0. The molecule has 0 radical (unpaired) electrons. The van der Waals surface area contributed by atoms with Gasteiger partial charge in [0.05, 0.1) is 16.7 Å². The SMILES string of the molecule is c1ccc(-c2ccc3c(-n4c5cc6ccccc6cc5c5cc6ccccc6cc54)c(-c4ccc5ccccc5c4)cc(-c4nc(-c5ccccc5)nc(-c5ccc6ccccc6c5)n4)c3c2)cc1. The average Bonchev–Trinajstić information content (AvgIpc) is 3.72. The second-order valence-electron chi connectivity index (χ2n) is 18.0. The lowest BCUT2D eigenvalue weighted by atomic mass is 9.90. The number of aromatic nitrogens is 4. The van der Waals surface area contributed by atoms with Crippen LogP contribution >= 0.6 is 0 Å². The predicted octanol–water partition coefficient (Wildman–Crippen LogP) is 17.1. The van der Waals surface area contributed by atoms with Gasteiger partial charge in [0.25, 0.3) is 0 Å². The van der Waals surface area contributed by atoms with E-state index >= 15 is 0 Å². The summed E-state index contributed by atoms with van der Waals surface area (Å²) in [6.07, 6.45) is 0. The molecule has 0 aliphatic carbocycles. The molecule has 14 aromatic rings. The van der Waals surface area contributed by atoms with Gasteiger partial charge in [0, 0.05) is 38.4 Å². The molecule has 0 bridgehead atoms. The summed E-state index contributed by atoms with van der Waals surface area (Å²) in [6, 6.07) is 87.6. The van der Waals surface area contributed by atoms with Crippen molar-refractivity contribution in [2.24, 2.45) is 0 Å². The Labute approximate surface area is 398 Å². The van der Waals surface area contributed by atoms with E-state index in [1.165, 1.54) is 48.5 Å². The van der Waals surface area contributed by atoms with Crippen LogP contribution in [0.25, 0.3) is 138 Å². The Balaban J connectivity index is 1.15. The van der Waals surface area contributed by atoms with E-state index in [0.717, 1.165) is 71.8 Å². The molecule has 320 valence electrons. The summed E-state index contributed by atoms with van der Waals surface area (Å²) < 4.78 is 2.53. The van der Waals surface area contributed by atoms with E-state index < -0.39 is 0 Å². The van der Waals surface area contributed by atoms with Crippen molar-refractivity contribution in [3.63, 3.8) is 0 Å². The van der Waals surface area contributed by atoms with Gasteiger partial charge in [0.2, 0.25) is 0 Å². The first kappa shape index (κ1) is 39.0. The third kappa shape index (κ3) is 6.57. The lowest BCUT2D eigenvalue weighted by Crippen LogP contribution is -2.04. The maximum absolute atomic E-state index is 5.48. The van der Waals surface area contributed by atoms with Gasteiger partial charge in [0.15, 0.2) is 17.5 Å². The van der Waals surface area contributed by atoms with Crippen LogP contribution in [0.5, 0.6) is 0 Å². The fourth-order valence-electron chi connectivity index (χ4n) is 10.5. The quantitative estimate of drug-likeness (QED) is 0.167. The summed E-state index contributed by atoms with van der Waals surface area (Å²) in [5.41, 5.74) is 10.6. The highest BCUT2D eigenvalue weighted by Gasteiger charge is 2.24. The molecular formula is C65H40N4. The molecule has 4 heteroatoms. The molecule has 0 atom stereocenters. The summed E-state index contributed by atoms with van der Waals surface area (Å²) >= 11 is 0. The van der Waals surface area contributed by atoms with Crippen molar-refractivity contribution in [2.45, 2.75) is 0 Å². The van der Waals surface area contributed by atoms with Gasteiger partial charge in [-0.25, -0.2) is 15.0 Å². The standard InChI is InChI=1S/C65H40N4/c1-3-15-41(16-4-1)51-31-32-54-56(35-51)59(65-67-63(44-19-5-2-6-20-44)66-64(68-65)53-30-28-43-18-8-10-22-46(43)34-53)40-55(52-29-27-42-17-7-9-21-45(42)33-52)62(54)69-60-38-49-25-13-11-23-47(49)36-57(60)58-37-48-24-12-14-26-50(48)39-61(58)69/h1-40H. The monoisotopic (exact) mass is 876 g/mol. The zero-order valence-corrected chi connectivity index (χ0v) is 37.4. The third-order valence-electron chi connectivity index (χ3n) is 13.9. The van der Waals surface area contributed by atoms with Crippen LogP contribution in [0.4, 0.5) is 0 Å². The zero-order valence-electron chi connectivity index (χ0n) is 37.4. The van der Waals surface area contributed by atoms with E-state index in [9.17, 15) is 0 Å². The Morgan fingerprint density at radius 3 is 1.25 bits per heavy atom. The molecule has 14 rings (SSSR count). The minimum atomic E-state index is 0.607. The zero-order chi connectivity index (χ0) is 45.4. The largest absolute Gasteiger partial charge is 0.308 e. The van der Waals surface area contributed by atoms with Gasteiger partial charge in [-0.05, 0) is 114 Å². The lowest BCUT2D eigenvalue weighted by Gasteiger charge is -2.21. The summed E-state index contributed by atoms with van der Waals surface area (Å²) in [7, 11) is 0. The van der Waals surface area contributed by atoms with Gasteiger partial charge < -0.3 is 4.57 Å². The first-order valence-electron chi connectivity index (χ1n) is 23.5. The van der Waals surface area contributed by atoms with Gasteiger partial charge in [0.1, 0.15) is 0 Å². The van der Waals surface area contributed by atoms with Crippen molar-refractivity contribution < 1.29 is 0 Å². The predicted molar refractivity (Wildman–Crippen MR) is 289 cm³/mol. The van der Waals surface area contributed by atoms with Gasteiger partial charge >= 0.3 is 0 Å². The van der Waals surface area contributed by atoms with E-state index in [2.05, 4.69) is 229 Å². The molecule has 0 N–H and O–H groups in total. The minimum Gasteiger partial charge on any atom is -0.308 e. The van der Waals surface area contributed by atoms with Crippen LogP contribution in [-0.2, 0) is 0 Å². The van der Waals surface area contributed by atoms with Gasteiger partial charge in [-0.2, -0.15) is 0 Å². The Bertz CT molecular complexity index is 4270. The van der Waals surface area contributed by atoms with Crippen molar-refractivity contribution in [2.75, 3.05) is 0 Å². The smallest absolute Gasteiger partial charge is 0.164 e. The third-order valence-corrected chi connectivity index (χ3v) is 13.9. The molecule has 0 fully saturated rings. The van der Waals surface area contributed by atoms with Gasteiger partial charge in [-0.1, -0.05) is 194 Å². The van der Waals surface area contributed by atoms with Crippen LogP contribution in [0.2, 0.25) is 0 Å². The number of hydrogen-bond acceptors (Lipinski definition) is 3. The summed E-state index contributed by atoms with van der Waals surface area (Å²) in [5, 5.41) is 14.0. The molecular weight excluding hydrogens is 837 g/mol. The maximum Gasteiger partial charge on any atom is 0.164 e. The topological polar surface area (TPSA) is 43.6 Å². The Hall–Kier alpha value is -9.25. The van der Waals surface area contributed by atoms with E-state index in [1.54, 1.807) is 0 Å². The molecule has 2 aromatic heterocycles. The molecule has 12 aromatic carbocycles. The molecule has 0 saturated heterocycles. The van der Waals surface area contributed by atoms with Crippen molar-refractivity contribution >= 4 is 75.7 Å². The normalized spacial score (nSPS) is 11.8.